The van der Waals surface area contributed by atoms with Gasteiger partial charge in [0.1, 0.15) is 5.82 Å². The van der Waals surface area contributed by atoms with Crippen LogP contribution in [-0.4, -0.2) is 21.2 Å². The lowest BCUT2D eigenvalue weighted by atomic mass is 10.1. The second-order valence-electron chi connectivity index (χ2n) is 4.30. The van der Waals surface area contributed by atoms with E-state index in [1.54, 1.807) is 6.92 Å². The fourth-order valence-electron chi connectivity index (χ4n) is 1.98. The number of aliphatic hydroxyl groups excluding tert-OH is 1. The maximum Gasteiger partial charge on any atom is 0.107 e. The van der Waals surface area contributed by atoms with Gasteiger partial charge in [-0.15, -0.1) is 0 Å². The fourth-order valence-corrected chi connectivity index (χ4v) is 1.98. The second kappa shape index (κ2) is 4.66. The lowest BCUT2D eigenvalue weighted by Gasteiger charge is -2.04. The Bertz CT molecular complexity index is 474. The number of hydrogen-bond acceptors (Lipinski definition) is 2. The molecule has 0 amide bonds. The number of fused-ring (bicyclic) bond motifs is 1. The summed E-state index contributed by atoms with van der Waals surface area (Å²) in [5.74, 6) is 1.04. The van der Waals surface area contributed by atoms with Gasteiger partial charge < -0.3 is 10.1 Å². The zero-order valence-corrected chi connectivity index (χ0v) is 9.83. The molecule has 0 aliphatic rings. The average Bonchev–Trinajstić information content (AvgIpc) is 2.61. The van der Waals surface area contributed by atoms with Crippen molar-refractivity contribution >= 4 is 11.0 Å². The zero-order valence-electron chi connectivity index (χ0n) is 9.83. The van der Waals surface area contributed by atoms with Crippen LogP contribution in [0.2, 0.25) is 0 Å². The first-order valence-corrected chi connectivity index (χ1v) is 5.85. The van der Waals surface area contributed by atoms with Crippen molar-refractivity contribution in [3.05, 3.63) is 29.6 Å². The Kier molecular flexibility index (Phi) is 3.25. The van der Waals surface area contributed by atoms with Crippen LogP contribution in [-0.2, 0) is 12.8 Å². The summed E-state index contributed by atoms with van der Waals surface area (Å²) in [7, 11) is 0. The third-order valence-corrected chi connectivity index (χ3v) is 2.65. The highest BCUT2D eigenvalue weighted by molar-refractivity contribution is 5.78. The highest BCUT2D eigenvalue weighted by atomic mass is 16.3. The Morgan fingerprint density at radius 2 is 2.25 bits per heavy atom. The standard InChI is InChI=1S/C13H18N2O/c1-3-5-12-14-11-7-4-6-10(8-9(2)16)13(11)15-12/h4,6-7,9,16H,3,5,8H2,1-2H3,(H,14,15). The first-order valence-electron chi connectivity index (χ1n) is 5.85. The van der Waals surface area contributed by atoms with Crippen LogP contribution in [0.1, 0.15) is 31.7 Å². The van der Waals surface area contributed by atoms with Gasteiger partial charge in [-0.25, -0.2) is 4.98 Å². The van der Waals surface area contributed by atoms with Gasteiger partial charge in [0.2, 0.25) is 0 Å². The van der Waals surface area contributed by atoms with Crippen LogP contribution in [0.3, 0.4) is 0 Å². The number of aliphatic hydroxyl groups is 1. The second-order valence-corrected chi connectivity index (χ2v) is 4.30. The molecule has 1 aromatic heterocycles. The highest BCUT2D eigenvalue weighted by Crippen LogP contribution is 2.18. The predicted octanol–water partition coefficient (Wildman–Crippen LogP) is 2.44. The van der Waals surface area contributed by atoms with Gasteiger partial charge >= 0.3 is 0 Å². The van der Waals surface area contributed by atoms with E-state index in [2.05, 4.69) is 16.9 Å². The van der Waals surface area contributed by atoms with Gasteiger partial charge in [0, 0.05) is 12.8 Å². The maximum atomic E-state index is 9.44. The molecule has 2 aromatic rings. The molecule has 1 atom stereocenters. The molecule has 0 fully saturated rings. The molecular weight excluding hydrogens is 200 g/mol. The first-order chi connectivity index (χ1) is 7.70. The van der Waals surface area contributed by atoms with Crippen molar-refractivity contribution in [2.24, 2.45) is 0 Å². The van der Waals surface area contributed by atoms with Crippen molar-refractivity contribution in [1.29, 1.82) is 0 Å². The molecule has 0 aliphatic heterocycles. The molecule has 1 aromatic carbocycles. The van der Waals surface area contributed by atoms with Crippen LogP contribution >= 0.6 is 0 Å². The van der Waals surface area contributed by atoms with E-state index in [0.717, 1.165) is 35.3 Å². The van der Waals surface area contributed by atoms with Crippen molar-refractivity contribution in [3.8, 4) is 0 Å². The van der Waals surface area contributed by atoms with Crippen LogP contribution in [0.4, 0.5) is 0 Å². The number of aromatic nitrogens is 2. The summed E-state index contributed by atoms with van der Waals surface area (Å²) in [5.41, 5.74) is 3.19. The molecule has 0 spiro atoms. The Labute approximate surface area is 95.5 Å². The molecule has 0 bridgehead atoms. The number of H-pyrrole nitrogens is 1. The molecule has 3 heteroatoms. The van der Waals surface area contributed by atoms with Gasteiger partial charge in [0.15, 0.2) is 0 Å². The number of aromatic amines is 1. The Hall–Kier alpha value is -1.35. The Balaban J connectivity index is 2.41. The van der Waals surface area contributed by atoms with Gasteiger partial charge in [-0.1, -0.05) is 19.1 Å². The summed E-state index contributed by atoms with van der Waals surface area (Å²) < 4.78 is 0. The van der Waals surface area contributed by atoms with Crippen molar-refractivity contribution in [2.75, 3.05) is 0 Å². The molecule has 16 heavy (non-hydrogen) atoms. The predicted molar refractivity (Wildman–Crippen MR) is 65.5 cm³/mol. The maximum absolute atomic E-state index is 9.44. The van der Waals surface area contributed by atoms with E-state index in [1.807, 2.05) is 18.2 Å². The van der Waals surface area contributed by atoms with Crippen molar-refractivity contribution in [2.45, 2.75) is 39.2 Å². The van der Waals surface area contributed by atoms with Gasteiger partial charge in [0.05, 0.1) is 17.1 Å². The Morgan fingerprint density at radius 3 is 2.94 bits per heavy atom. The summed E-state index contributed by atoms with van der Waals surface area (Å²) >= 11 is 0. The molecule has 0 saturated heterocycles. The molecule has 0 saturated carbocycles. The molecule has 3 nitrogen and oxygen atoms in total. The van der Waals surface area contributed by atoms with E-state index < -0.39 is 0 Å². The minimum Gasteiger partial charge on any atom is -0.393 e. The zero-order chi connectivity index (χ0) is 11.5. The normalized spacial score (nSPS) is 13.2. The summed E-state index contributed by atoms with van der Waals surface area (Å²) in [6.07, 6.45) is 2.40. The monoisotopic (exact) mass is 218 g/mol. The molecule has 86 valence electrons. The van der Waals surface area contributed by atoms with Gasteiger partial charge in [-0.2, -0.15) is 0 Å². The fraction of sp³-hybridized carbons (Fsp3) is 0.462. The molecule has 1 unspecified atom stereocenters. The number of rotatable bonds is 4. The highest BCUT2D eigenvalue weighted by Gasteiger charge is 2.08. The number of nitrogens with one attached hydrogen (secondary N) is 1. The molecule has 2 N–H and O–H groups in total. The van der Waals surface area contributed by atoms with Crippen molar-refractivity contribution in [1.82, 2.24) is 9.97 Å². The minimum absolute atomic E-state index is 0.322. The molecule has 1 heterocycles. The van der Waals surface area contributed by atoms with Gasteiger partial charge in [-0.05, 0) is 25.0 Å². The summed E-state index contributed by atoms with van der Waals surface area (Å²) in [6.45, 7) is 3.95. The number of imidazole rings is 1. The molecule has 2 rings (SSSR count). The summed E-state index contributed by atoms with van der Waals surface area (Å²) in [5, 5.41) is 9.44. The van der Waals surface area contributed by atoms with Crippen LogP contribution < -0.4 is 0 Å². The van der Waals surface area contributed by atoms with E-state index in [9.17, 15) is 5.11 Å². The van der Waals surface area contributed by atoms with Crippen LogP contribution in [0, 0.1) is 0 Å². The van der Waals surface area contributed by atoms with E-state index in [-0.39, 0.29) is 6.10 Å². The number of aryl methyl sites for hydroxylation is 1. The van der Waals surface area contributed by atoms with E-state index in [1.165, 1.54) is 0 Å². The molecule has 0 aliphatic carbocycles. The van der Waals surface area contributed by atoms with E-state index in [4.69, 9.17) is 0 Å². The van der Waals surface area contributed by atoms with Crippen molar-refractivity contribution < 1.29 is 5.11 Å². The minimum atomic E-state index is -0.322. The molecule has 0 radical (unpaired) electrons. The third-order valence-electron chi connectivity index (χ3n) is 2.65. The van der Waals surface area contributed by atoms with Crippen LogP contribution in [0.25, 0.3) is 11.0 Å². The first kappa shape index (κ1) is 11.1. The van der Waals surface area contributed by atoms with Gasteiger partial charge in [0.25, 0.3) is 0 Å². The smallest absolute Gasteiger partial charge is 0.107 e. The van der Waals surface area contributed by atoms with E-state index in [0.29, 0.717) is 6.42 Å². The topological polar surface area (TPSA) is 48.9 Å². The quantitative estimate of drug-likeness (QED) is 0.828. The molecular formula is C13H18N2O. The summed E-state index contributed by atoms with van der Waals surface area (Å²) in [4.78, 5) is 7.91. The SMILES string of the molecule is CCCc1nc2c(CC(C)O)cccc2[nH]1. The number of hydrogen-bond donors (Lipinski definition) is 2. The number of para-hydroxylation sites is 1. The summed E-state index contributed by atoms with van der Waals surface area (Å²) in [6, 6.07) is 6.08. The Morgan fingerprint density at radius 1 is 1.44 bits per heavy atom. The lowest BCUT2D eigenvalue weighted by Crippen LogP contribution is -2.04. The third kappa shape index (κ3) is 2.25. The largest absolute Gasteiger partial charge is 0.393 e. The van der Waals surface area contributed by atoms with E-state index >= 15 is 0 Å². The van der Waals surface area contributed by atoms with Crippen LogP contribution in [0.5, 0.6) is 0 Å². The average molecular weight is 218 g/mol. The van der Waals surface area contributed by atoms with Gasteiger partial charge in [-0.3, -0.25) is 0 Å². The lowest BCUT2D eigenvalue weighted by molar-refractivity contribution is 0.196. The van der Waals surface area contributed by atoms with Crippen LogP contribution in [0.15, 0.2) is 18.2 Å². The van der Waals surface area contributed by atoms with Crippen molar-refractivity contribution in [3.63, 3.8) is 0 Å². The number of nitrogens with zero attached hydrogens (tertiary/aromatic N) is 1. The number of benzene rings is 1.